The van der Waals surface area contributed by atoms with Gasteiger partial charge in [-0.2, -0.15) is 0 Å². The fraction of sp³-hybridized carbons (Fsp3) is 0.571. The van der Waals surface area contributed by atoms with Gasteiger partial charge in [0.2, 0.25) is 0 Å². The molecule has 0 saturated heterocycles. The summed E-state index contributed by atoms with van der Waals surface area (Å²) in [5, 5.41) is 0. The number of rotatable bonds is 3. The lowest BCUT2D eigenvalue weighted by molar-refractivity contribution is -0.129. The van der Waals surface area contributed by atoms with Gasteiger partial charge in [0.05, 0.1) is 0 Å². The molecule has 0 amide bonds. The van der Waals surface area contributed by atoms with E-state index in [2.05, 4.69) is 11.5 Å². The largest absolute Gasteiger partial charge is 0.478 e. The third kappa shape index (κ3) is 2.58. The minimum atomic E-state index is -0.422. The van der Waals surface area contributed by atoms with E-state index in [1.54, 1.807) is 6.07 Å². The molecule has 0 atom stereocenters. The summed E-state index contributed by atoms with van der Waals surface area (Å²) in [6, 6.07) is 5.65. The molecule has 4 fully saturated rings. The van der Waals surface area contributed by atoms with E-state index >= 15 is 0 Å². The molecular weight excluding hydrogens is 314 g/mol. The van der Waals surface area contributed by atoms with Crippen LogP contribution in [-0.4, -0.2) is 23.1 Å². The molecule has 0 unspecified atom stereocenters. The van der Waals surface area contributed by atoms with E-state index in [9.17, 15) is 4.79 Å². The molecule has 6 rings (SSSR count). The standard InChI is InChI=1S/C21H25NO3/c1-2-20(23)25-18-3-4-19-17(8-18)12-22(13-24-19)21-9-14-5-15(10-21)7-16(6-14)11-21/h2-4,8,14-16H,1,5-7,9-13H2. The van der Waals surface area contributed by atoms with Gasteiger partial charge in [-0.1, -0.05) is 6.58 Å². The van der Waals surface area contributed by atoms with Crippen LogP contribution in [0, 0.1) is 17.8 Å². The average Bonchev–Trinajstić information content (AvgIpc) is 2.60. The number of hydrogen-bond acceptors (Lipinski definition) is 4. The number of carbonyl (C=O) groups is 1. The van der Waals surface area contributed by atoms with Crippen LogP contribution in [0.3, 0.4) is 0 Å². The Labute approximate surface area is 148 Å². The molecule has 25 heavy (non-hydrogen) atoms. The Bertz CT molecular complexity index is 691. The summed E-state index contributed by atoms with van der Waals surface area (Å²) in [7, 11) is 0. The van der Waals surface area contributed by atoms with Gasteiger partial charge in [-0.3, -0.25) is 4.90 Å². The molecule has 1 heterocycles. The Morgan fingerprint density at radius 2 is 1.88 bits per heavy atom. The second-order valence-electron chi connectivity index (χ2n) is 8.51. The Balaban J connectivity index is 1.39. The third-order valence-corrected chi connectivity index (χ3v) is 6.83. The summed E-state index contributed by atoms with van der Waals surface area (Å²) in [6.07, 6.45) is 9.55. The Kier molecular flexibility index (Phi) is 3.46. The van der Waals surface area contributed by atoms with Crippen molar-refractivity contribution >= 4 is 5.97 Å². The van der Waals surface area contributed by atoms with Crippen molar-refractivity contribution in [2.75, 3.05) is 6.73 Å². The van der Waals surface area contributed by atoms with Crippen LogP contribution in [0.25, 0.3) is 0 Å². The van der Waals surface area contributed by atoms with E-state index in [-0.39, 0.29) is 0 Å². The van der Waals surface area contributed by atoms with Crippen molar-refractivity contribution in [3.8, 4) is 11.5 Å². The van der Waals surface area contributed by atoms with Crippen LogP contribution in [-0.2, 0) is 11.3 Å². The molecule has 1 aliphatic heterocycles. The summed E-state index contributed by atoms with van der Waals surface area (Å²) in [6.45, 7) is 5.03. The minimum Gasteiger partial charge on any atom is -0.478 e. The quantitative estimate of drug-likeness (QED) is 0.476. The van der Waals surface area contributed by atoms with E-state index < -0.39 is 5.97 Å². The lowest BCUT2D eigenvalue weighted by Gasteiger charge is -2.61. The predicted octanol–water partition coefficient (Wildman–Crippen LogP) is 3.90. The minimum absolute atomic E-state index is 0.334. The Morgan fingerprint density at radius 3 is 2.52 bits per heavy atom. The molecule has 132 valence electrons. The molecule has 0 spiro atoms. The molecule has 4 aliphatic carbocycles. The number of esters is 1. The van der Waals surface area contributed by atoms with Gasteiger partial charge in [0.15, 0.2) is 0 Å². The number of fused-ring (bicyclic) bond motifs is 1. The van der Waals surface area contributed by atoms with Gasteiger partial charge in [-0.15, -0.1) is 0 Å². The van der Waals surface area contributed by atoms with E-state index in [1.165, 1.54) is 44.6 Å². The fourth-order valence-corrected chi connectivity index (χ4v) is 6.20. The summed E-state index contributed by atoms with van der Waals surface area (Å²) in [5.41, 5.74) is 1.46. The highest BCUT2D eigenvalue weighted by atomic mass is 16.5. The fourth-order valence-electron chi connectivity index (χ4n) is 6.20. The van der Waals surface area contributed by atoms with Gasteiger partial charge in [0.25, 0.3) is 0 Å². The molecule has 0 N–H and O–H groups in total. The van der Waals surface area contributed by atoms with E-state index in [4.69, 9.17) is 9.47 Å². The number of hydrogen-bond donors (Lipinski definition) is 0. The van der Waals surface area contributed by atoms with Gasteiger partial charge >= 0.3 is 5.97 Å². The van der Waals surface area contributed by atoms with Crippen LogP contribution in [0.2, 0.25) is 0 Å². The first-order valence-corrected chi connectivity index (χ1v) is 9.48. The lowest BCUT2D eigenvalue weighted by Crippen LogP contribution is -2.61. The smallest absolute Gasteiger partial charge is 0.335 e. The van der Waals surface area contributed by atoms with Crippen LogP contribution in [0.4, 0.5) is 0 Å². The number of benzene rings is 1. The predicted molar refractivity (Wildman–Crippen MR) is 94.2 cm³/mol. The van der Waals surface area contributed by atoms with Crippen molar-refractivity contribution in [2.45, 2.75) is 50.6 Å². The molecule has 5 aliphatic rings. The highest BCUT2D eigenvalue weighted by Gasteiger charge is 2.54. The summed E-state index contributed by atoms with van der Waals surface area (Å²) in [4.78, 5) is 14.0. The van der Waals surface area contributed by atoms with Crippen molar-refractivity contribution in [1.29, 1.82) is 0 Å². The first-order chi connectivity index (χ1) is 12.1. The highest BCUT2D eigenvalue weighted by Crippen LogP contribution is 2.58. The van der Waals surface area contributed by atoms with Gasteiger partial charge < -0.3 is 9.47 Å². The topological polar surface area (TPSA) is 38.8 Å². The maximum absolute atomic E-state index is 11.5. The molecule has 4 nitrogen and oxygen atoms in total. The zero-order valence-corrected chi connectivity index (χ0v) is 14.6. The zero-order chi connectivity index (χ0) is 17.0. The average molecular weight is 339 g/mol. The van der Waals surface area contributed by atoms with Crippen LogP contribution in [0.1, 0.15) is 44.1 Å². The van der Waals surface area contributed by atoms with E-state index in [0.29, 0.717) is 18.0 Å². The second kappa shape index (κ2) is 5.60. The molecule has 1 aromatic carbocycles. The van der Waals surface area contributed by atoms with E-state index in [1.807, 2.05) is 12.1 Å². The number of nitrogens with zero attached hydrogens (tertiary/aromatic N) is 1. The first kappa shape index (κ1) is 15.4. The van der Waals surface area contributed by atoms with Gasteiger partial charge in [-0.25, -0.2) is 4.79 Å². The molecule has 0 aromatic heterocycles. The highest BCUT2D eigenvalue weighted by molar-refractivity contribution is 5.83. The number of ether oxygens (including phenoxy) is 2. The Morgan fingerprint density at radius 1 is 1.20 bits per heavy atom. The molecular formula is C21H25NO3. The zero-order valence-electron chi connectivity index (χ0n) is 14.6. The van der Waals surface area contributed by atoms with Crippen molar-refractivity contribution < 1.29 is 14.3 Å². The van der Waals surface area contributed by atoms with Crippen LogP contribution < -0.4 is 9.47 Å². The van der Waals surface area contributed by atoms with Crippen molar-refractivity contribution in [3.05, 3.63) is 36.4 Å². The van der Waals surface area contributed by atoms with Crippen LogP contribution in [0.15, 0.2) is 30.9 Å². The van der Waals surface area contributed by atoms with Crippen molar-refractivity contribution in [3.63, 3.8) is 0 Å². The third-order valence-electron chi connectivity index (χ3n) is 6.83. The monoisotopic (exact) mass is 339 g/mol. The van der Waals surface area contributed by atoms with E-state index in [0.717, 1.165) is 35.6 Å². The maximum Gasteiger partial charge on any atom is 0.335 e. The Hall–Kier alpha value is -1.81. The molecule has 4 heteroatoms. The summed E-state index contributed by atoms with van der Waals surface area (Å²) in [5.74, 6) is 3.83. The van der Waals surface area contributed by atoms with Crippen LogP contribution >= 0.6 is 0 Å². The number of carbonyl (C=O) groups excluding carboxylic acids is 1. The van der Waals surface area contributed by atoms with Gasteiger partial charge in [0, 0.05) is 23.7 Å². The first-order valence-electron chi connectivity index (χ1n) is 9.48. The molecule has 0 radical (unpaired) electrons. The normalized spacial score (nSPS) is 35.8. The molecule has 4 saturated carbocycles. The maximum atomic E-state index is 11.5. The van der Waals surface area contributed by atoms with Gasteiger partial charge in [0.1, 0.15) is 18.2 Å². The summed E-state index contributed by atoms with van der Waals surface area (Å²) < 4.78 is 11.4. The molecule has 4 bridgehead atoms. The van der Waals surface area contributed by atoms with Crippen molar-refractivity contribution in [1.82, 2.24) is 4.90 Å². The summed E-state index contributed by atoms with van der Waals surface area (Å²) >= 11 is 0. The lowest BCUT2D eigenvalue weighted by atomic mass is 9.52. The van der Waals surface area contributed by atoms with Gasteiger partial charge in [-0.05, 0) is 74.5 Å². The SMILES string of the molecule is C=CC(=O)Oc1ccc2c(c1)CN(C13CC4CC(CC(C4)C1)C3)CO2. The second-order valence-corrected chi connectivity index (χ2v) is 8.51. The van der Waals surface area contributed by atoms with Crippen molar-refractivity contribution in [2.24, 2.45) is 17.8 Å². The van der Waals surface area contributed by atoms with Crippen LogP contribution in [0.5, 0.6) is 11.5 Å². The molecule has 1 aromatic rings.